The summed E-state index contributed by atoms with van der Waals surface area (Å²) < 4.78 is 0. The van der Waals surface area contributed by atoms with E-state index in [9.17, 15) is 0 Å². The van der Waals surface area contributed by atoms with Crippen LogP contribution in [0.2, 0.25) is 0 Å². The Balaban J connectivity index is 1.65. The Morgan fingerprint density at radius 3 is 1.66 bits per heavy atom. The van der Waals surface area contributed by atoms with Crippen LogP contribution < -0.4 is 15.9 Å². The number of nitrogens with one attached hydrogen (secondary N) is 1. The lowest BCUT2D eigenvalue weighted by Crippen LogP contribution is -2.22. The van der Waals surface area contributed by atoms with E-state index in [0.717, 1.165) is 5.56 Å². The number of aromatic amines is 1. The van der Waals surface area contributed by atoms with E-state index in [-0.39, 0.29) is 0 Å². The zero-order valence-electron chi connectivity index (χ0n) is 20.6. The van der Waals surface area contributed by atoms with Crippen molar-refractivity contribution in [3.8, 4) is 22.5 Å². The van der Waals surface area contributed by atoms with Gasteiger partial charge in [-0.25, -0.2) is 4.98 Å². The van der Waals surface area contributed by atoms with Crippen molar-refractivity contribution in [1.82, 2.24) is 15.2 Å². The van der Waals surface area contributed by atoms with Gasteiger partial charge in [0, 0.05) is 11.1 Å². The van der Waals surface area contributed by atoms with E-state index in [1.807, 2.05) is 0 Å². The summed E-state index contributed by atoms with van der Waals surface area (Å²) in [5.74, 6) is 0.702. The Morgan fingerprint density at radius 1 is 0.500 bits per heavy atom. The summed E-state index contributed by atoms with van der Waals surface area (Å²) in [4.78, 5) is 4.59. The minimum absolute atomic E-state index is 0.702. The van der Waals surface area contributed by atoms with Gasteiger partial charge in [0.05, 0.1) is 0 Å². The van der Waals surface area contributed by atoms with Crippen molar-refractivity contribution in [2.75, 3.05) is 0 Å². The topological polar surface area (TPSA) is 41.6 Å². The second-order valence-electron chi connectivity index (χ2n) is 9.22. The predicted octanol–water partition coefficient (Wildman–Crippen LogP) is 7.20. The lowest BCUT2D eigenvalue weighted by Gasteiger charge is -2.25. The molecule has 0 unspecified atom stereocenters. The number of benzene rings is 6. The molecule has 0 atom stereocenters. The molecule has 0 aliphatic rings. The van der Waals surface area contributed by atoms with Crippen molar-refractivity contribution < 1.29 is 0 Å². The van der Waals surface area contributed by atoms with Crippen LogP contribution in [0, 0.1) is 0 Å². The van der Waals surface area contributed by atoms with E-state index in [0.29, 0.717) is 5.82 Å². The molecule has 0 radical (unpaired) electrons. The first kappa shape index (κ1) is 22.6. The summed E-state index contributed by atoms with van der Waals surface area (Å²) in [6.07, 6.45) is 1.65. The first-order chi connectivity index (χ1) is 18.9. The van der Waals surface area contributed by atoms with Gasteiger partial charge in [0.1, 0.15) is 6.33 Å². The van der Waals surface area contributed by atoms with Crippen molar-refractivity contribution in [2.45, 2.75) is 0 Å². The number of rotatable bonds is 5. The molecule has 38 heavy (non-hydrogen) atoms. The summed E-state index contributed by atoms with van der Waals surface area (Å²) in [5.41, 5.74) is 3.45. The molecule has 0 saturated heterocycles. The molecule has 0 fully saturated rings. The maximum atomic E-state index is 4.59. The van der Waals surface area contributed by atoms with Crippen LogP contribution in [0.4, 0.5) is 0 Å². The van der Waals surface area contributed by atoms with Gasteiger partial charge in [-0.1, -0.05) is 127 Å². The highest BCUT2D eigenvalue weighted by molar-refractivity contribution is 7.80. The van der Waals surface area contributed by atoms with E-state index in [1.54, 1.807) is 6.33 Å². The zero-order chi connectivity index (χ0) is 25.3. The molecule has 4 heteroatoms. The van der Waals surface area contributed by atoms with Crippen LogP contribution >= 0.6 is 7.92 Å². The van der Waals surface area contributed by atoms with Gasteiger partial charge in [-0.3, -0.25) is 5.10 Å². The van der Waals surface area contributed by atoms with Gasteiger partial charge >= 0.3 is 0 Å². The maximum Gasteiger partial charge on any atom is 0.181 e. The van der Waals surface area contributed by atoms with Crippen molar-refractivity contribution >= 4 is 45.4 Å². The molecule has 7 aromatic rings. The summed E-state index contributed by atoms with van der Waals surface area (Å²) in [7, 11) is -0.837. The smallest absolute Gasteiger partial charge is 0.181 e. The fraction of sp³-hybridized carbons (Fsp3) is 0. The molecule has 0 aliphatic carbocycles. The average molecular weight is 506 g/mol. The second-order valence-corrected chi connectivity index (χ2v) is 11.4. The van der Waals surface area contributed by atoms with Crippen LogP contribution in [0.15, 0.2) is 140 Å². The summed E-state index contributed by atoms with van der Waals surface area (Å²) in [6.45, 7) is 0. The van der Waals surface area contributed by atoms with Crippen molar-refractivity contribution in [1.29, 1.82) is 0 Å². The van der Waals surface area contributed by atoms with Gasteiger partial charge in [-0.15, -0.1) is 0 Å². The SMILES string of the molecule is c1ccc(P(c2ccccc2)c2ccc3ccccc3c2-c2c(-c3nc[nH]n3)ccc3ccccc23)cc1. The number of fused-ring (bicyclic) bond motifs is 2. The quantitative estimate of drug-likeness (QED) is 0.251. The third-order valence-corrected chi connectivity index (χ3v) is 9.50. The van der Waals surface area contributed by atoms with Crippen LogP contribution in [0.5, 0.6) is 0 Å². The van der Waals surface area contributed by atoms with Crippen LogP contribution in [0.3, 0.4) is 0 Å². The van der Waals surface area contributed by atoms with Gasteiger partial charge in [-0.2, -0.15) is 5.10 Å². The first-order valence-corrected chi connectivity index (χ1v) is 14.0. The van der Waals surface area contributed by atoms with Crippen LogP contribution in [0.25, 0.3) is 44.1 Å². The fourth-order valence-corrected chi connectivity index (χ4v) is 7.83. The first-order valence-electron chi connectivity index (χ1n) is 12.7. The molecule has 0 saturated carbocycles. The Bertz CT molecular complexity index is 1820. The molecule has 7 rings (SSSR count). The molecule has 1 heterocycles. The van der Waals surface area contributed by atoms with Gasteiger partial charge in [0.15, 0.2) is 5.82 Å². The van der Waals surface area contributed by atoms with Crippen LogP contribution in [-0.4, -0.2) is 15.2 Å². The largest absolute Gasteiger partial charge is 0.265 e. The van der Waals surface area contributed by atoms with Gasteiger partial charge in [0.2, 0.25) is 0 Å². The highest BCUT2D eigenvalue weighted by atomic mass is 31.1. The Hall–Kier alpha value is -4.59. The monoisotopic (exact) mass is 505 g/mol. The minimum atomic E-state index is -0.837. The Kier molecular flexibility index (Phi) is 5.77. The molecule has 1 N–H and O–H groups in total. The van der Waals surface area contributed by atoms with Crippen molar-refractivity contribution in [2.24, 2.45) is 0 Å². The van der Waals surface area contributed by atoms with Crippen LogP contribution in [0.1, 0.15) is 0 Å². The highest BCUT2D eigenvalue weighted by Gasteiger charge is 2.25. The molecular weight excluding hydrogens is 481 g/mol. The van der Waals surface area contributed by atoms with E-state index in [4.69, 9.17) is 0 Å². The number of aromatic nitrogens is 3. The molecule has 0 bridgehead atoms. The fourth-order valence-electron chi connectivity index (χ4n) is 5.36. The Labute approximate surface area is 222 Å². The number of H-pyrrole nitrogens is 1. The molecule has 0 aliphatic heterocycles. The summed E-state index contributed by atoms with van der Waals surface area (Å²) >= 11 is 0. The molecular formula is C34H24N3P. The molecule has 0 spiro atoms. The number of nitrogens with zero attached hydrogens (tertiary/aromatic N) is 2. The van der Waals surface area contributed by atoms with E-state index < -0.39 is 7.92 Å². The minimum Gasteiger partial charge on any atom is -0.265 e. The molecule has 1 aromatic heterocycles. The predicted molar refractivity (Wildman–Crippen MR) is 161 cm³/mol. The molecule has 3 nitrogen and oxygen atoms in total. The molecule has 0 amide bonds. The zero-order valence-corrected chi connectivity index (χ0v) is 21.5. The maximum absolute atomic E-state index is 4.59. The van der Waals surface area contributed by atoms with Crippen LogP contribution in [-0.2, 0) is 0 Å². The second kappa shape index (κ2) is 9.70. The van der Waals surface area contributed by atoms with Crippen molar-refractivity contribution in [3.05, 3.63) is 140 Å². The Morgan fingerprint density at radius 2 is 1.05 bits per heavy atom. The van der Waals surface area contributed by atoms with Gasteiger partial charge in [0.25, 0.3) is 0 Å². The van der Waals surface area contributed by atoms with E-state index in [1.165, 1.54) is 48.6 Å². The summed E-state index contributed by atoms with van der Waals surface area (Å²) in [5, 5.41) is 16.3. The molecule has 180 valence electrons. The third-order valence-electron chi connectivity index (χ3n) is 7.01. The van der Waals surface area contributed by atoms with E-state index in [2.05, 4.69) is 149 Å². The number of hydrogen-bond acceptors (Lipinski definition) is 2. The number of hydrogen-bond donors (Lipinski definition) is 1. The lowest BCUT2D eigenvalue weighted by molar-refractivity contribution is 1.10. The summed E-state index contributed by atoms with van der Waals surface area (Å²) in [6, 6.07) is 48.1. The van der Waals surface area contributed by atoms with E-state index >= 15 is 0 Å². The highest BCUT2D eigenvalue weighted by Crippen LogP contribution is 2.45. The van der Waals surface area contributed by atoms with Crippen molar-refractivity contribution in [3.63, 3.8) is 0 Å². The lowest BCUT2D eigenvalue weighted by atomic mass is 9.90. The standard InChI is InChI=1S/C34H24N3P/c1-3-13-26(14-4-1)38(27-15-5-2-6-16-27)31-22-20-25-12-8-10-18-29(25)33(31)32-28-17-9-7-11-24(28)19-21-30(32)34-35-23-36-37-34/h1-23H,(H,35,36,37). The van der Waals surface area contributed by atoms with Gasteiger partial charge < -0.3 is 0 Å². The molecule has 6 aromatic carbocycles. The van der Waals surface area contributed by atoms with Gasteiger partial charge in [-0.05, 0) is 57.0 Å². The average Bonchev–Trinajstić information content (AvgIpc) is 3.53. The third kappa shape index (κ3) is 3.89. The normalized spacial score (nSPS) is 11.4.